The molecule has 0 spiro atoms. The molecule has 0 atom stereocenters. The van der Waals surface area contributed by atoms with Crippen LogP contribution in [0.25, 0.3) is 0 Å². The van der Waals surface area contributed by atoms with Crippen molar-refractivity contribution in [1.29, 1.82) is 0 Å². The van der Waals surface area contributed by atoms with E-state index in [1.54, 1.807) is 18.2 Å². The molecule has 0 aliphatic carbocycles. The van der Waals surface area contributed by atoms with Gasteiger partial charge in [-0.15, -0.1) is 0 Å². The van der Waals surface area contributed by atoms with Gasteiger partial charge in [-0.05, 0) is 55.4 Å². The summed E-state index contributed by atoms with van der Waals surface area (Å²) in [6, 6.07) is 7.07. The molecule has 0 bridgehead atoms. The van der Waals surface area contributed by atoms with Crippen molar-refractivity contribution in [2.75, 3.05) is 13.2 Å². The monoisotopic (exact) mass is 406 g/mol. The average molecular weight is 407 g/mol. The largest absolute Gasteiger partial charge is 0.493 e. The number of allylic oxidation sites excluding steroid dienone is 5. The van der Waals surface area contributed by atoms with Crippen LogP contribution in [0.1, 0.15) is 48.0 Å². The molecule has 28 heavy (non-hydrogen) atoms. The predicted octanol–water partition coefficient (Wildman–Crippen LogP) is 5.48. The number of ether oxygens (including phenoxy) is 2. The Bertz CT molecular complexity index is 688. The van der Waals surface area contributed by atoms with Crippen LogP contribution in [0.5, 0.6) is 5.75 Å². The van der Waals surface area contributed by atoms with Crippen molar-refractivity contribution in [3.05, 3.63) is 60.4 Å². The summed E-state index contributed by atoms with van der Waals surface area (Å²) in [5, 5.41) is 0.445. The Morgan fingerprint density at radius 1 is 1.00 bits per heavy atom. The number of rotatable bonds is 11. The van der Waals surface area contributed by atoms with E-state index in [2.05, 4.69) is 27.7 Å². The lowest BCUT2D eigenvalue weighted by Crippen LogP contribution is -2.32. The highest BCUT2D eigenvalue weighted by molar-refractivity contribution is 7.54. The summed E-state index contributed by atoms with van der Waals surface area (Å²) in [5.74, 6) is 1.38. The molecule has 4 nitrogen and oxygen atoms in total. The highest BCUT2D eigenvalue weighted by Gasteiger charge is 2.30. The Hall–Kier alpha value is -1.61. The normalized spacial score (nSPS) is 13.7. The van der Waals surface area contributed by atoms with Crippen LogP contribution in [0, 0.1) is 10.8 Å². The Kier molecular flexibility index (Phi) is 9.95. The third-order valence-electron chi connectivity index (χ3n) is 4.07. The molecule has 0 amide bonds. The van der Waals surface area contributed by atoms with Gasteiger partial charge in [0.1, 0.15) is 11.5 Å². The highest BCUT2D eigenvalue weighted by Crippen LogP contribution is 2.36. The number of hydrogen-bond donors (Lipinski definition) is 2. The van der Waals surface area contributed by atoms with Gasteiger partial charge in [0.15, 0.2) is 0 Å². The van der Waals surface area contributed by atoms with Crippen LogP contribution in [-0.2, 0) is 4.74 Å². The number of hydrogen-bond acceptors (Lipinski definition) is 4. The molecule has 0 unspecified atom stereocenters. The lowest BCUT2D eigenvalue weighted by atomic mass is 9.76. The van der Waals surface area contributed by atoms with E-state index in [4.69, 9.17) is 9.47 Å². The molecule has 0 radical (unpaired) electrons. The van der Waals surface area contributed by atoms with Crippen molar-refractivity contribution in [1.82, 2.24) is 0 Å². The summed E-state index contributed by atoms with van der Waals surface area (Å²) in [6.45, 7) is 13.7. The minimum Gasteiger partial charge on any atom is -0.493 e. The van der Waals surface area contributed by atoms with Gasteiger partial charge < -0.3 is 19.3 Å². The van der Waals surface area contributed by atoms with Crippen molar-refractivity contribution in [2.24, 2.45) is 10.8 Å². The molecule has 1 rings (SSSR count). The van der Waals surface area contributed by atoms with Gasteiger partial charge in [-0.2, -0.15) is 0 Å². The van der Waals surface area contributed by atoms with E-state index in [1.165, 1.54) is 0 Å². The minimum atomic E-state index is -2.18. The Morgan fingerprint density at radius 3 is 2.25 bits per heavy atom. The van der Waals surface area contributed by atoms with E-state index in [9.17, 15) is 9.79 Å². The van der Waals surface area contributed by atoms with E-state index in [0.29, 0.717) is 24.3 Å². The van der Waals surface area contributed by atoms with Crippen LogP contribution in [0.15, 0.2) is 60.4 Å². The van der Waals surface area contributed by atoms with E-state index in [1.807, 2.05) is 50.3 Å². The molecule has 5 heteroatoms. The molecule has 0 heterocycles. The van der Waals surface area contributed by atoms with E-state index in [-0.39, 0.29) is 10.8 Å². The van der Waals surface area contributed by atoms with Crippen LogP contribution in [0.2, 0.25) is 0 Å². The van der Waals surface area contributed by atoms with E-state index < -0.39 is 8.38 Å². The summed E-state index contributed by atoms with van der Waals surface area (Å²) in [4.78, 5) is 19.1. The fourth-order valence-electron chi connectivity index (χ4n) is 3.20. The smallest absolute Gasteiger partial charge is 0.203 e. The van der Waals surface area contributed by atoms with Gasteiger partial charge in [-0.1, -0.05) is 58.1 Å². The summed E-state index contributed by atoms with van der Waals surface area (Å²) in [6.07, 6.45) is 10.7. The van der Waals surface area contributed by atoms with Crippen molar-refractivity contribution >= 4 is 13.7 Å². The number of benzene rings is 1. The first-order valence-corrected chi connectivity index (χ1v) is 10.8. The first-order chi connectivity index (χ1) is 13.1. The van der Waals surface area contributed by atoms with Gasteiger partial charge in [0.25, 0.3) is 0 Å². The van der Waals surface area contributed by atoms with Gasteiger partial charge in [0, 0.05) is 0 Å². The quantitative estimate of drug-likeness (QED) is 0.290. The van der Waals surface area contributed by atoms with Crippen LogP contribution < -0.4 is 10.0 Å². The molecule has 1 aromatic carbocycles. The molecule has 0 saturated carbocycles. The van der Waals surface area contributed by atoms with Gasteiger partial charge in [0.05, 0.1) is 18.5 Å². The zero-order valence-electron chi connectivity index (χ0n) is 18.0. The molecule has 0 aliphatic rings. The maximum absolute atomic E-state index is 9.56. The number of para-hydroxylation sites is 1. The minimum absolute atomic E-state index is 0.0520. The van der Waals surface area contributed by atoms with Gasteiger partial charge >= 0.3 is 0 Å². The summed E-state index contributed by atoms with van der Waals surface area (Å²) in [5.41, 5.74) is -0.162. The lowest BCUT2D eigenvalue weighted by Gasteiger charge is -2.35. The molecule has 0 aromatic heterocycles. The highest BCUT2D eigenvalue weighted by atomic mass is 31.2. The second kappa shape index (κ2) is 11.4. The second-order valence-electron chi connectivity index (χ2n) is 8.43. The first-order valence-electron chi connectivity index (χ1n) is 9.58. The molecule has 2 N–H and O–H groups in total. The van der Waals surface area contributed by atoms with Crippen LogP contribution in [0.4, 0.5) is 0 Å². The maximum Gasteiger partial charge on any atom is 0.203 e. The Labute approximate surface area is 171 Å². The van der Waals surface area contributed by atoms with Crippen molar-refractivity contribution in [3.63, 3.8) is 0 Å². The summed E-state index contributed by atoms with van der Waals surface area (Å²) < 4.78 is 12.0. The molecule has 1 aromatic rings. The van der Waals surface area contributed by atoms with Crippen LogP contribution >= 0.6 is 8.38 Å². The fraction of sp³-hybridized carbons (Fsp3) is 0.478. The van der Waals surface area contributed by atoms with Crippen molar-refractivity contribution in [3.8, 4) is 5.75 Å². The second-order valence-corrected chi connectivity index (χ2v) is 9.50. The Balaban J connectivity index is 2.71. The SMILES string of the molecule is C\C=C/C=C(\C=C/C)OCC(C)(C)CC(C)(C)COc1ccccc1P(O)O. The predicted molar refractivity (Wildman–Crippen MR) is 119 cm³/mol. The van der Waals surface area contributed by atoms with E-state index in [0.717, 1.165) is 12.2 Å². The average Bonchev–Trinajstić information content (AvgIpc) is 2.61. The third-order valence-corrected chi connectivity index (χ3v) is 4.87. The van der Waals surface area contributed by atoms with Crippen molar-refractivity contribution in [2.45, 2.75) is 48.0 Å². The third kappa shape index (κ3) is 9.05. The molecule has 0 aliphatic heterocycles. The molecule has 0 saturated heterocycles. The topological polar surface area (TPSA) is 58.9 Å². The summed E-state index contributed by atoms with van der Waals surface area (Å²) >= 11 is 0. The molecular formula is C23H35O4P. The van der Waals surface area contributed by atoms with Crippen molar-refractivity contribution < 1.29 is 19.3 Å². The zero-order valence-corrected chi connectivity index (χ0v) is 18.9. The lowest BCUT2D eigenvalue weighted by molar-refractivity contribution is 0.0587. The molecular weight excluding hydrogens is 371 g/mol. The van der Waals surface area contributed by atoms with Gasteiger partial charge in [-0.25, -0.2) is 0 Å². The van der Waals surface area contributed by atoms with E-state index >= 15 is 0 Å². The van der Waals surface area contributed by atoms with Gasteiger partial charge in [0.2, 0.25) is 8.38 Å². The zero-order chi connectivity index (χ0) is 21.2. The molecule has 0 fully saturated rings. The first kappa shape index (κ1) is 24.4. The van der Waals surface area contributed by atoms with Crippen LogP contribution in [-0.4, -0.2) is 23.0 Å². The standard InChI is InChI=1S/C23H35O4P/c1-7-9-13-19(12-8-2)26-17-22(3,4)16-23(5,6)18-27-20-14-10-11-15-21(20)28(24)25/h7-15,24-25H,16-18H2,1-6H3/b9-7-,12-8-,19-13+. The van der Waals surface area contributed by atoms with Crippen LogP contribution in [0.3, 0.4) is 0 Å². The fourth-order valence-corrected chi connectivity index (χ4v) is 3.76. The summed E-state index contributed by atoms with van der Waals surface area (Å²) in [7, 11) is -2.18. The maximum atomic E-state index is 9.56. The van der Waals surface area contributed by atoms with Gasteiger partial charge in [-0.3, -0.25) is 0 Å². The Morgan fingerprint density at radius 2 is 1.64 bits per heavy atom. The molecule has 156 valence electrons.